The van der Waals surface area contributed by atoms with E-state index in [-0.39, 0.29) is 0 Å². The van der Waals surface area contributed by atoms with Crippen molar-refractivity contribution in [1.29, 1.82) is 0 Å². The molecule has 0 bridgehead atoms. The van der Waals surface area contributed by atoms with Crippen molar-refractivity contribution >= 4 is 21.4 Å². The van der Waals surface area contributed by atoms with Crippen molar-refractivity contribution < 1.29 is 8.42 Å². The predicted octanol–water partition coefficient (Wildman–Crippen LogP) is 2.72. The zero-order valence-corrected chi connectivity index (χ0v) is 13.7. The van der Waals surface area contributed by atoms with E-state index < -0.39 is 10.0 Å². The van der Waals surface area contributed by atoms with Gasteiger partial charge in [-0.15, -0.1) is 11.3 Å². The molecule has 0 atom stereocenters. The third kappa shape index (κ3) is 4.28. The highest BCUT2D eigenvalue weighted by Gasteiger charge is 2.22. The van der Waals surface area contributed by atoms with Crippen LogP contribution in [0.3, 0.4) is 0 Å². The van der Waals surface area contributed by atoms with Gasteiger partial charge in [0.05, 0.1) is 4.90 Å². The Labute approximate surface area is 126 Å². The molecular formula is C14H24N2O2S2. The molecule has 0 aromatic carbocycles. The van der Waals surface area contributed by atoms with Gasteiger partial charge in [-0.05, 0) is 43.2 Å². The molecule has 4 nitrogen and oxygen atoms in total. The molecule has 1 aromatic heterocycles. The molecule has 1 aliphatic rings. The lowest BCUT2D eigenvalue weighted by Crippen LogP contribution is -2.29. The Morgan fingerprint density at radius 3 is 2.80 bits per heavy atom. The van der Waals surface area contributed by atoms with Crippen LogP contribution in [-0.4, -0.2) is 21.5 Å². The molecule has 0 unspecified atom stereocenters. The molecule has 1 saturated carbocycles. The fourth-order valence-corrected chi connectivity index (χ4v) is 5.12. The topological polar surface area (TPSA) is 58.2 Å². The highest BCUT2D eigenvalue weighted by molar-refractivity contribution is 7.89. The Kier molecular flexibility index (Phi) is 6.01. The van der Waals surface area contributed by atoms with Crippen LogP contribution in [0.15, 0.2) is 16.3 Å². The second-order valence-corrected chi connectivity index (χ2v) is 8.12. The molecule has 1 aliphatic carbocycles. The molecule has 1 fully saturated rings. The van der Waals surface area contributed by atoms with E-state index in [1.54, 1.807) is 6.07 Å². The molecule has 2 N–H and O–H groups in total. The summed E-state index contributed by atoms with van der Waals surface area (Å²) >= 11 is 1.50. The third-order valence-corrected chi connectivity index (χ3v) is 6.30. The summed E-state index contributed by atoms with van der Waals surface area (Å²) in [6, 6.07) is 1.71. The molecule has 0 spiro atoms. The van der Waals surface area contributed by atoms with Gasteiger partial charge in [0.15, 0.2) is 0 Å². The maximum Gasteiger partial charge on any atom is 0.241 e. The largest absolute Gasteiger partial charge is 0.312 e. The Hall–Kier alpha value is -0.430. The van der Waals surface area contributed by atoms with Gasteiger partial charge >= 0.3 is 0 Å². The summed E-state index contributed by atoms with van der Waals surface area (Å²) in [7, 11) is -3.35. The van der Waals surface area contributed by atoms with E-state index in [1.807, 2.05) is 5.38 Å². The average molecular weight is 316 g/mol. The molecule has 20 heavy (non-hydrogen) atoms. The lowest BCUT2D eigenvalue weighted by atomic mass is 10.1. The SMILES string of the molecule is CCCNCc1sccc1S(=O)(=O)NCC1CCCC1. The second kappa shape index (κ2) is 7.54. The van der Waals surface area contributed by atoms with Crippen molar-refractivity contribution in [2.45, 2.75) is 50.5 Å². The number of sulfonamides is 1. The quantitative estimate of drug-likeness (QED) is 0.725. The lowest BCUT2D eigenvalue weighted by Gasteiger charge is -2.12. The Morgan fingerprint density at radius 2 is 2.10 bits per heavy atom. The minimum absolute atomic E-state index is 0.448. The van der Waals surface area contributed by atoms with Gasteiger partial charge in [-0.1, -0.05) is 19.8 Å². The Morgan fingerprint density at radius 1 is 1.35 bits per heavy atom. The zero-order valence-electron chi connectivity index (χ0n) is 12.0. The fourth-order valence-electron chi connectivity index (χ4n) is 2.60. The van der Waals surface area contributed by atoms with Gasteiger partial charge < -0.3 is 5.32 Å². The first kappa shape index (κ1) is 15.9. The molecule has 1 heterocycles. The van der Waals surface area contributed by atoms with Gasteiger partial charge in [0.2, 0.25) is 10.0 Å². The van der Waals surface area contributed by atoms with E-state index in [0.29, 0.717) is 23.9 Å². The van der Waals surface area contributed by atoms with Crippen LogP contribution in [0.4, 0.5) is 0 Å². The highest BCUT2D eigenvalue weighted by Crippen LogP contribution is 2.25. The van der Waals surface area contributed by atoms with Crippen LogP contribution < -0.4 is 10.0 Å². The van der Waals surface area contributed by atoms with Gasteiger partial charge in [-0.3, -0.25) is 0 Å². The molecular weight excluding hydrogens is 292 g/mol. The fraction of sp³-hybridized carbons (Fsp3) is 0.714. The van der Waals surface area contributed by atoms with Crippen molar-refractivity contribution in [3.05, 3.63) is 16.3 Å². The number of thiophene rings is 1. The predicted molar refractivity (Wildman–Crippen MR) is 83.5 cm³/mol. The zero-order chi connectivity index (χ0) is 14.4. The minimum Gasteiger partial charge on any atom is -0.312 e. The van der Waals surface area contributed by atoms with E-state index in [0.717, 1.165) is 30.7 Å². The average Bonchev–Trinajstić information content (AvgIpc) is 3.08. The van der Waals surface area contributed by atoms with E-state index in [9.17, 15) is 8.42 Å². The van der Waals surface area contributed by atoms with Crippen molar-refractivity contribution in [3.8, 4) is 0 Å². The Balaban J connectivity index is 1.95. The van der Waals surface area contributed by atoms with Gasteiger partial charge in [-0.25, -0.2) is 13.1 Å². The Bertz CT molecular complexity index is 505. The van der Waals surface area contributed by atoms with Crippen molar-refractivity contribution in [3.63, 3.8) is 0 Å². The van der Waals surface area contributed by atoms with E-state index >= 15 is 0 Å². The van der Waals surface area contributed by atoms with Gasteiger partial charge in [0, 0.05) is 18.0 Å². The summed E-state index contributed by atoms with van der Waals surface area (Å²) in [5.41, 5.74) is 0. The molecule has 1 aromatic rings. The molecule has 0 amide bonds. The summed E-state index contributed by atoms with van der Waals surface area (Å²) < 4.78 is 27.5. The normalized spacial score (nSPS) is 16.9. The molecule has 2 rings (SSSR count). The minimum atomic E-state index is -3.35. The van der Waals surface area contributed by atoms with E-state index in [4.69, 9.17) is 0 Å². The van der Waals surface area contributed by atoms with Crippen LogP contribution in [-0.2, 0) is 16.6 Å². The van der Waals surface area contributed by atoms with Gasteiger partial charge in [0.1, 0.15) is 0 Å². The van der Waals surface area contributed by atoms with Crippen molar-refractivity contribution in [1.82, 2.24) is 10.0 Å². The maximum absolute atomic E-state index is 12.4. The summed E-state index contributed by atoms with van der Waals surface area (Å²) in [6.45, 7) is 4.22. The van der Waals surface area contributed by atoms with Gasteiger partial charge in [-0.2, -0.15) is 0 Å². The van der Waals surface area contributed by atoms with Crippen LogP contribution >= 0.6 is 11.3 Å². The number of hydrogen-bond donors (Lipinski definition) is 2. The number of nitrogens with one attached hydrogen (secondary N) is 2. The van der Waals surface area contributed by atoms with Crippen molar-refractivity contribution in [2.75, 3.05) is 13.1 Å². The summed E-state index contributed by atoms with van der Waals surface area (Å²) in [5.74, 6) is 0.519. The molecule has 0 aliphatic heterocycles. The third-order valence-electron chi connectivity index (χ3n) is 3.74. The first-order chi connectivity index (χ1) is 9.63. The maximum atomic E-state index is 12.4. The number of rotatable bonds is 8. The van der Waals surface area contributed by atoms with E-state index in [1.165, 1.54) is 24.2 Å². The lowest BCUT2D eigenvalue weighted by molar-refractivity contribution is 0.519. The molecule has 0 saturated heterocycles. The van der Waals surface area contributed by atoms with Crippen LogP contribution in [0.1, 0.15) is 43.9 Å². The number of hydrogen-bond acceptors (Lipinski definition) is 4. The van der Waals surface area contributed by atoms with E-state index in [2.05, 4.69) is 17.0 Å². The summed E-state index contributed by atoms with van der Waals surface area (Å²) in [5, 5.41) is 5.12. The second-order valence-electron chi connectivity index (χ2n) is 5.39. The molecule has 0 radical (unpaired) electrons. The first-order valence-electron chi connectivity index (χ1n) is 7.40. The van der Waals surface area contributed by atoms with Crippen LogP contribution in [0.2, 0.25) is 0 Å². The van der Waals surface area contributed by atoms with Gasteiger partial charge in [0.25, 0.3) is 0 Å². The molecule has 114 valence electrons. The highest BCUT2D eigenvalue weighted by atomic mass is 32.2. The smallest absolute Gasteiger partial charge is 0.241 e. The van der Waals surface area contributed by atoms with Crippen LogP contribution in [0, 0.1) is 5.92 Å². The monoisotopic (exact) mass is 316 g/mol. The molecule has 6 heteroatoms. The summed E-state index contributed by atoms with van der Waals surface area (Å²) in [4.78, 5) is 1.35. The van der Waals surface area contributed by atoms with Crippen LogP contribution in [0.5, 0.6) is 0 Å². The van der Waals surface area contributed by atoms with Crippen LogP contribution in [0.25, 0.3) is 0 Å². The first-order valence-corrected chi connectivity index (χ1v) is 9.76. The summed E-state index contributed by atoms with van der Waals surface area (Å²) in [6.07, 6.45) is 5.82. The van der Waals surface area contributed by atoms with Crippen molar-refractivity contribution in [2.24, 2.45) is 5.92 Å². The standard InChI is InChI=1S/C14H24N2O2S2/c1-2-8-15-11-13-14(7-9-19-13)20(17,18)16-10-12-5-3-4-6-12/h7,9,12,15-16H,2-6,8,10-11H2,1H3.